The van der Waals surface area contributed by atoms with E-state index in [9.17, 15) is 9.59 Å². The zero-order valence-electron chi connectivity index (χ0n) is 14.2. The van der Waals surface area contributed by atoms with Crippen LogP contribution in [0.15, 0.2) is 42.5 Å². The molecule has 0 aliphatic rings. The van der Waals surface area contributed by atoms with E-state index in [1.807, 2.05) is 39.8 Å². The van der Waals surface area contributed by atoms with Crippen LogP contribution < -0.4 is 10.6 Å². The summed E-state index contributed by atoms with van der Waals surface area (Å²) >= 11 is 2.21. The molecule has 4 nitrogen and oxygen atoms in total. The van der Waals surface area contributed by atoms with Gasteiger partial charge in [-0.05, 0) is 65.4 Å². The number of halogens is 1. The molecular weight excluding hydrogens is 415 g/mol. The first-order valence-corrected chi connectivity index (χ1v) is 8.74. The van der Waals surface area contributed by atoms with E-state index >= 15 is 0 Å². The van der Waals surface area contributed by atoms with Gasteiger partial charge in [0.25, 0.3) is 5.91 Å². The van der Waals surface area contributed by atoms with Crippen molar-refractivity contribution in [2.24, 2.45) is 5.41 Å². The van der Waals surface area contributed by atoms with Crippen LogP contribution in [-0.4, -0.2) is 11.8 Å². The quantitative estimate of drug-likeness (QED) is 0.677. The molecule has 0 bridgehead atoms. The molecule has 0 radical (unpaired) electrons. The highest BCUT2D eigenvalue weighted by Crippen LogP contribution is 2.21. The highest BCUT2D eigenvalue weighted by molar-refractivity contribution is 14.1. The molecule has 2 rings (SSSR count). The van der Waals surface area contributed by atoms with Crippen molar-refractivity contribution in [2.45, 2.75) is 27.7 Å². The van der Waals surface area contributed by atoms with Gasteiger partial charge in [0.05, 0.1) is 0 Å². The monoisotopic (exact) mass is 436 g/mol. The lowest BCUT2D eigenvalue weighted by molar-refractivity contribution is -0.123. The molecule has 0 aliphatic heterocycles. The summed E-state index contributed by atoms with van der Waals surface area (Å²) in [5.41, 5.74) is 2.57. The number of hydrogen-bond acceptors (Lipinski definition) is 2. The van der Waals surface area contributed by atoms with Gasteiger partial charge in [0, 0.05) is 25.9 Å². The van der Waals surface area contributed by atoms with Gasteiger partial charge >= 0.3 is 0 Å². The number of amides is 2. The van der Waals surface area contributed by atoms with Crippen LogP contribution in [0.1, 0.15) is 36.7 Å². The van der Waals surface area contributed by atoms with Crippen LogP contribution in [0.2, 0.25) is 0 Å². The third-order valence-electron chi connectivity index (χ3n) is 3.49. The normalized spacial score (nSPS) is 11.0. The molecule has 0 aliphatic carbocycles. The van der Waals surface area contributed by atoms with Gasteiger partial charge in [0.15, 0.2) is 0 Å². The van der Waals surface area contributed by atoms with Gasteiger partial charge in [-0.25, -0.2) is 0 Å². The highest BCUT2D eigenvalue weighted by atomic mass is 127. The molecule has 0 heterocycles. The van der Waals surface area contributed by atoms with Crippen LogP contribution in [0.3, 0.4) is 0 Å². The first-order valence-electron chi connectivity index (χ1n) is 7.66. The van der Waals surface area contributed by atoms with Crippen LogP contribution in [0.25, 0.3) is 0 Å². The Bertz CT molecular complexity index is 779. The third-order valence-corrected chi connectivity index (χ3v) is 4.66. The number of rotatable bonds is 3. The second kappa shape index (κ2) is 7.34. The Labute approximate surface area is 156 Å². The molecule has 2 aromatic rings. The van der Waals surface area contributed by atoms with Gasteiger partial charge in [0.1, 0.15) is 0 Å². The van der Waals surface area contributed by atoms with Gasteiger partial charge < -0.3 is 10.6 Å². The van der Waals surface area contributed by atoms with Crippen LogP contribution in [0, 0.1) is 15.9 Å². The molecule has 0 unspecified atom stereocenters. The lowest BCUT2D eigenvalue weighted by Crippen LogP contribution is -2.27. The minimum absolute atomic E-state index is 0.0703. The zero-order valence-corrected chi connectivity index (χ0v) is 16.4. The molecule has 2 N–H and O–H groups in total. The van der Waals surface area contributed by atoms with E-state index in [2.05, 4.69) is 33.2 Å². The Morgan fingerprint density at radius 3 is 2.17 bits per heavy atom. The Morgan fingerprint density at radius 1 is 0.958 bits per heavy atom. The lowest BCUT2D eigenvalue weighted by atomic mass is 9.95. The molecular formula is C19H21IN2O2. The molecule has 126 valence electrons. The van der Waals surface area contributed by atoms with E-state index in [4.69, 9.17) is 0 Å². The smallest absolute Gasteiger partial charge is 0.255 e. The summed E-state index contributed by atoms with van der Waals surface area (Å²) in [6.45, 7) is 7.57. The number of aryl methyl sites for hydroxylation is 1. The van der Waals surface area contributed by atoms with Gasteiger partial charge in [-0.3, -0.25) is 9.59 Å². The Kier molecular flexibility index (Phi) is 5.64. The largest absolute Gasteiger partial charge is 0.326 e. The Morgan fingerprint density at radius 2 is 1.58 bits per heavy atom. The van der Waals surface area contributed by atoms with Crippen molar-refractivity contribution in [3.8, 4) is 0 Å². The highest BCUT2D eigenvalue weighted by Gasteiger charge is 2.21. The SMILES string of the molecule is Cc1ccc(C(=O)Nc2cccc(NC(=O)C(C)(C)C)c2)cc1I. The summed E-state index contributed by atoms with van der Waals surface area (Å²) in [7, 11) is 0. The van der Waals surface area contributed by atoms with Gasteiger partial charge in [-0.1, -0.05) is 32.9 Å². The van der Waals surface area contributed by atoms with Crippen LogP contribution >= 0.6 is 22.6 Å². The fourth-order valence-electron chi connectivity index (χ4n) is 1.93. The second-order valence-corrected chi connectivity index (χ2v) is 7.87. The average molecular weight is 436 g/mol. The number of nitrogens with one attached hydrogen (secondary N) is 2. The number of anilines is 2. The van der Waals surface area contributed by atoms with Crippen molar-refractivity contribution < 1.29 is 9.59 Å². The lowest BCUT2D eigenvalue weighted by Gasteiger charge is -2.18. The van der Waals surface area contributed by atoms with Crippen LogP contribution in [0.5, 0.6) is 0 Å². The van der Waals surface area contributed by atoms with E-state index in [1.165, 1.54) is 0 Å². The Balaban J connectivity index is 2.13. The topological polar surface area (TPSA) is 58.2 Å². The van der Waals surface area contributed by atoms with E-state index in [1.54, 1.807) is 30.3 Å². The molecule has 0 fully saturated rings. The van der Waals surface area contributed by atoms with Gasteiger partial charge in [-0.2, -0.15) is 0 Å². The minimum Gasteiger partial charge on any atom is -0.326 e. The van der Waals surface area contributed by atoms with Crippen molar-refractivity contribution in [1.29, 1.82) is 0 Å². The molecule has 2 aromatic carbocycles. The number of carbonyl (C=O) groups is 2. The summed E-state index contributed by atoms with van der Waals surface area (Å²) in [5.74, 6) is -0.244. The number of hydrogen-bond donors (Lipinski definition) is 2. The van der Waals surface area contributed by atoms with Crippen molar-refractivity contribution in [3.63, 3.8) is 0 Å². The predicted molar refractivity (Wildman–Crippen MR) is 106 cm³/mol. The predicted octanol–water partition coefficient (Wildman–Crippen LogP) is 4.84. The number of carbonyl (C=O) groups excluding carboxylic acids is 2. The fourth-order valence-corrected chi connectivity index (χ4v) is 2.45. The summed E-state index contributed by atoms with van der Waals surface area (Å²) in [5, 5.41) is 5.72. The zero-order chi connectivity index (χ0) is 17.9. The molecule has 24 heavy (non-hydrogen) atoms. The molecule has 2 amide bonds. The summed E-state index contributed by atoms with van der Waals surface area (Å²) in [6.07, 6.45) is 0. The van der Waals surface area contributed by atoms with E-state index in [0.717, 1.165) is 9.13 Å². The maximum absolute atomic E-state index is 12.4. The number of benzene rings is 2. The molecule has 0 aromatic heterocycles. The average Bonchev–Trinajstić information content (AvgIpc) is 2.49. The summed E-state index contributed by atoms with van der Waals surface area (Å²) in [6, 6.07) is 12.7. The summed E-state index contributed by atoms with van der Waals surface area (Å²) in [4.78, 5) is 24.4. The molecule has 0 saturated carbocycles. The standard InChI is InChI=1S/C19H21IN2O2/c1-12-8-9-13(10-16(12)20)17(23)21-14-6-5-7-15(11-14)22-18(24)19(2,3)4/h5-11H,1-4H3,(H,21,23)(H,22,24). The van der Waals surface area contributed by atoms with Crippen molar-refractivity contribution in [1.82, 2.24) is 0 Å². The first-order chi connectivity index (χ1) is 11.2. The third kappa shape index (κ3) is 4.80. The second-order valence-electron chi connectivity index (χ2n) is 6.70. The Hall–Kier alpha value is -1.89. The van der Waals surface area contributed by atoms with Crippen LogP contribution in [-0.2, 0) is 4.79 Å². The van der Waals surface area contributed by atoms with E-state index in [-0.39, 0.29) is 11.8 Å². The molecule has 5 heteroatoms. The van der Waals surface area contributed by atoms with Crippen LogP contribution in [0.4, 0.5) is 11.4 Å². The maximum Gasteiger partial charge on any atom is 0.255 e. The van der Waals surface area contributed by atoms with Gasteiger partial charge in [0.2, 0.25) is 5.91 Å². The fraction of sp³-hybridized carbons (Fsp3) is 0.263. The van der Waals surface area contributed by atoms with Crippen molar-refractivity contribution >= 4 is 45.8 Å². The molecule has 0 saturated heterocycles. The van der Waals surface area contributed by atoms with E-state index < -0.39 is 5.41 Å². The van der Waals surface area contributed by atoms with Crippen molar-refractivity contribution in [3.05, 3.63) is 57.2 Å². The first kappa shape index (κ1) is 18.4. The maximum atomic E-state index is 12.4. The van der Waals surface area contributed by atoms with Gasteiger partial charge in [-0.15, -0.1) is 0 Å². The minimum atomic E-state index is -0.474. The van der Waals surface area contributed by atoms with Crippen molar-refractivity contribution in [2.75, 3.05) is 10.6 Å². The molecule has 0 atom stereocenters. The van der Waals surface area contributed by atoms with E-state index in [0.29, 0.717) is 16.9 Å². The summed E-state index contributed by atoms with van der Waals surface area (Å²) < 4.78 is 1.05. The molecule has 0 spiro atoms.